The second kappa shape index (κ2) is 5.79. The molecule has 0 saturated heterocycles. The summed E-state index contributed by atoms with van der Waals surface area (Å²) >= 11 is 1.66. The third-order valence-corrected chi connectivity index (χ3v) is 5.07. The molecule has 0 spiro atoms. The minimum absolute atomic E-state index is 0.0248. The molecule has 2 aromatic heterocycles. The number of carbonyl (C=O) groups excluding carboxylic acids is 1. The van der Waals surface area contributed by atoms with Crippen molar-refractivity contribution in [2.24, 2.45) is 0 Å². The number of aryl methyl sites for hydroxylation is 2. The van der Waals surface area contributed by atoms with E-state index in [-0.39, 0.29) is 11.9 Å². The molecular weight excluding hydrogens is 270 g/mol. The lowest BCUT2D eigenvalue weighted by atomic mass is 10.1. The number of amides is 1. The van der Waals surface area contributed by atoms with E-state index in [1.807, 2.05) is 13.1 Å². The van der Waals surface area contributed by atoms with E-state index in [2.05, 4.69) is 21.6 Å². The molecule has 0 unspecified atom stereocenters. The van der Waals surface area contributed by atoms with Gasteiger partial charge < -0.3 is 5.32 Å². The van der Waals surface area contributed by atoms with Gasteiger partial charge in [-0.15, -0.1) is 11.3 Å². The highest BCUT2D eigenvalue weighted by Gasteiger charge is 2.18. The molecular formula is C15H19N3OS. The standard InChI is InChI=1S/C15H19N3OS/c1-10(12-8-16-17-9-12)18-15(19)14-7-11-5-3-2-4-6-13(11)20-14/h7-10H,2-6H2,1H3,(H,16,17)(H,18,19)/t10-/m0/s1. The monoisotopic (exact) mass is 289 g/mol. The number of thiophene rings is 1. The topological polar surface area (TPSA) is 57.8 Å². The summed E-state index contributed by atoms with van der Waals surface area (Å²) in [7, 11) is 0. The van der Waals surface area contributed by atoms with Gasteiger partial charge in [0.1, 0.15) is 0 Å². The Morgan fingerprint density at radius 1 is 1.40 bits per heavy atom. The zero-order chi connectivity index (χ0) is 13.9. The molecule has 0 radical (unpaired) electrons. The van der Waals surface area contributed by atoms with Crippen LogP contribution < -0.4 is 5.32 Å². The van der Waals surface area contributed by atoms with Crippen LogP contribution in [0.4, 0.5) is 0 Å². The van der Waals surface area contributed by atoms with Crippen LogP contribution in [0.5, 0.6) is 0 Å². The zero-order valence-electron chi connectivity index (χ0n) is 11.6. The van der Waals surface area contributed by atoms with Crippen molar-refractivity contribution in [3.63, 3.8) is 0 Å². The van der Waals surface area contributed by atoms with Crippen LogP contribution >= 0.6 is 11.3 Å². The number of rotatable bonds is 3. The van der Waals surface area contributed by atoms with Crippen LogP contribution in [0.25, 0.3) is 0 Å². The maximum Gasteiger partial charge on any atom is 0.261 e. The Morgan fingerprint density at radius 3 is 3.05 bits per heavy atom. The van der Waals surface area contributed by atoms with Crippen LogP contribution in [0.2, 0.25) is 0 Å². The van der Waals surface area contributed by atoms with Crippen molar-refractivity contribution < 1.29 is 4.79 Å². The first kappa shape index (κ1) is 13.4. The second-order valence-electron chi connectivity index (χ2n) is 5.35. The fraction of sp³-hybridized carbons (Fsp3) is 0.467. The highest BCUT2D eigenvalue weighted by molar-refractivity contribution is 7.14. The first-order valence-electron chi connectivity index (χ1n) is 7.15. The van der Waals surface area contributed by atoms with Gasteiger partial charge in [-0.05, 0) is 44.2 Å². The Kier molecular flexibility index (Phi) is 3.87. The van der Waals surface area contributed by atoms with Gasteiger partial charge in [0.15, 0.2) is 0 Å². The van der Waals surface area contributed by atoms with Gasteiger partial charge in [-0.2, -0.15) is 5.10 Å². The summed E-state index contributed by atoms with van der Waals surface area (Å²) in [6, 6.07) is 2.06. The maximum atomic E-state index is 12.3. The van der Waals surface area contributed by atoms with E-state index in [1.54, 1.807) is 17.5 Å². The number of aromatic nitrogens is 2. The molecule has 1 aliphatic rings. The smallest absolute Gasteiger partial charge is 0.261 e. The summed E-state index contributed by atoms with van der Waals surface area (Å²) in [5.41, 5.74) is 2.38. The molecule has 0 bridgehead atoms. The molecule has 4 nitrogen and oxygen atoms in total. The predicted octanol–water partition coefficient (Wildman–Crippen LogP) is 3.23. The van der Waals surface area contributed by atoms with Gasteiger partial charge in [0.25, 0.3) is 5.91 Å². The van der Waals surface area contributed by atoms with Gasteiger partial charge in [0.2, 0.25) is 0 Å². The van der Waals surface area contributed by atoms with Crippen molar-refractivity contribution in [2.75, 3.05) is 0 Å². The number of hydrogen-bond acceptors (Lipinski definition) is 3. The van der Waals surface area contributed by atoms with Gasteiger partial charge in [0, 0.05) is 16.6 Å². The molecule has 0 fully saturated rings. The molecule has 2 N–H and O–H groups in total. The highest BCUT2D eigenvalue weighted by atomic mass is 32.1. The van der Waals surface area contributed by atoms with E-state index >= 15 is 0 Å². The summed E-state index contributed by atoms with van der Waals surface area (Å²) in [5, 5.41) is 9.72. The summed E-state index contributed by atoms with van der Waals surface area (Å²) in [4.78, 5) is 14.6. The Balaban J connectivity index is 1.71. The molecule has 5 heteroatoms. The van der Waals surface area contributed by atoms with Crippen molar-refractivity contribution in [2.45, 2.75) is 45.1 Å². The number of nitrogens with zero attached hydrogens (tertiary/aromatic N) is 1. The minimum Gasteiger partial charge on any atom is -0.345 e. The van der Waals surface area contributed by atoms with E-state index in [0.29, 0.717) is 0 Å². The van der Waals surface area contributed by atoms with Crippen LogP contribution in [0.15, 0.2) is 18.5 Å². The van der Waals surface area contributed by atoms with E-state index in [1.165, 1.54) is 29.7 Å². The van der Waals surface area contributed by atoms with Gasteiger partial charge >= 0.3 is 0 Å². The van der Waals surface area contributed by atoms with Crippen LogP contribution in [0, 0.1) is 0 Å². The summed E-state index contributed by atoms with van der Waals surface area (Å²) in [6.07, 6.45) is 9.61. The van der Waals surface area contributed by atoms with Crippen molar-refractivity contribution in [1.82, 2.24) is 15.5 Å². The van der Waals surface area contributed by atoms with E-state index in [0.717, 1.165) is 23.3 Å². The highest BCUT2D eigenvalue weighted by Crippen LogP contribution is 2.29. The molecule has 1 amide bonds. The zero-order valence-corrected chi connectivity index (χ0v) is 12.4. The average molecular weight is 289 g/mol. The molecule has 106 valence electrons. The fourth-order valence-corrected chi connectivity index (χ4v) is 3.78. The lowest BCUT2D eigenvalue weighted by Crippen LogP contribution is -2.25. The molecule has 0 saturated carbocycles. The molecule has 20 heavy (non-hydrogen) atoms. The molecule has 0 aliphatic heterocycles. The average Bonchev–Trinajstić information content (AvgIpc) is 3.05. The van der Waals surface area contributed by atoms with Crippen LogP contribution in [-0.2, 0) is 12.8 Å². The van der Waals surface area contributed by atoms with Crippen molar-refractivity contribution in [1.29, 1.82) is 0 Å². The Morgan fingerprint density at radius 2 is 2.25 bits per heavy atom. The molecule has 1 aliphatic carbocycles. The molecule has 2 aromatic rings. The number of carbonyl (C=O) groups is 1. The van der Waals surface area contributed by atoms with Crippen molar-refractivity contribution >= 4 is 17.2 Å². The fourth-order valence-electron chi connectivity index (χ4n) is 2.63. The Hall–Kier alpha value is -1.62. The number of hydrogen-bond donors (Lipinski definition) is 2. The first-order valence-corrected chi connectivity index (χ1v) is 7.97. The predicted molar refractivity (Wildman–Crippen MR) is 80.0 cm³/mol. The van der Waals surface area contributed by atoms with E-state index < -0.39 is 0 Å². The van der Waals surface area contributed by atoms with Gasteiger partial charge in [-0.25, -0.2) is 0 Å². The first-order chi connectivity index (χ1) is 9.74. The normalized spacial score (nSPS) is 16.2. The van der Waals surface area contributed by atoms with Gasteiger partial charge in [-0.1, -0.05) is 6.42 Å². The second-order valence-corrected chi connectivity index (χ2v) is 6.48. The molecule has 2 heterocycles. The van der Waals surface area contributed by atoms with Gasteiger partial charge in [-0.3, -0.25) is 9.89 Å². The Labute approximate surface area is 122 Å². The van der Waals surface area contributed by atoms with Gasteiger partial charge in [0.05, 0.1) is 17.1 Å². The molecule has 1 atom stereocenters. The quantitative estimate of drug-likeness (QED) is 0.852. The lowest BCUT2D eigenvalue weighted by molar-refractivity contribution is 0.0944. The van der Waals surface area contributed by atoms with Crippen LogP contribution in [0.3, 0.4) is 0 Å². The summed E-state index contributed by atoms with van der Waals surface area (Å²) in [5.74, 6) is 0.0248. The summed E-state index contributed by atoms with van der Waals surface area (Å²) < 4.78 is 0. The largest absolute Gasteiger partial charge is 0.345 e. The van der Waals surface area contributed by atoms with E-state index in [4.69, 9.17) is 0 Å². The van der Waals surface area contributed by atoms with Crippen molar-refractivity contribution in [3.05, 3.63) is 39.3 Å². The van der Waals surface area contributed by atoms with Crippen LogP contribution in [-0.4, -0.2) is 16.1 Å². The SMILES string of the molecule is C[C@H](NC(=O)c1cc2c(s1)CCCCC2)c1cn[nH]c1. The third kappa shape index (κ3) is 2.77. The lowest BCUT2D eigenvalue weighted by Gasteiger charge is -2.10. The summed E-state index contributed by atoms with van der Waals surface area (Å²) in [6.45, 7) is 1.97. The molecule has 0 aromatic carbocycles. The number of fused-ring (bicyclic) bond motifs is 1. The van der Waals surface area contributed by atoms with Crippen molar-refractivity contribution in [3.8, 4) is 0 Å². The number of nitrogens with one attached hydrogen (secondary N) is 2. The third-order valence-electron chi connectivity index (χ3n) is 3.84. The number of H-pyrrole nitrogens is 1. The minimum atomic E-state index is -0.0249. The van der Waals surface area contributed by atoms with E-state index in [9.17, 15) is 4.79 Å². The Bertz CT molecular complexity index is 565. The molecule has 3 rings (SSSR count). The maximum absolute atomic E-state index is 12.3. The number of aromatic amines is 1. The van der Waals surface area contributed by atoms with Crippen LogP contribution in [0.1, 0.15) is 57.9 Å².